The minimum Gasteiger partial charge on any atom is -0.435 e. The van der Waals surface area contributed by atoms with Gasteiger partial charge in [0.05, 0.1) is 16.7 Å². The average molecular weight is 754 g/mol. The van der Waals surface area contributed by atoms with Crippen LogP contribution in [-0.4, -0.2) is 9.55 Å². The Morgan fingerprint density at radius 2 is 1.08 bits per heavy atom. The fraction of sp³-hybridized carbons (Fsp3) is 0. The number of hydrogen-bond donors (Lipinski definition) is 0. The summed E-state index contributed by atoms with van der Waals surface area (Å²) < 4.78 is 8.88. The summed E-state index contributed by atoms with van der Waals surface area (Å²) in [6.45, 7) is 0. The third-order valence-electron chi connectivity index (χ3n) is 11.8. The zero-order valence-corrected chi connectivity index (χ0v) is 32.0. The fourth-order valence-electron chi connectivity index (χ4n) is 9.09. The molecule has 0 N–H and O–H groups in total. The number of nitrogens with zero attached hydrogens (tertiary/aromatic N) is 3. The van der Waals surface area contributed by atoms with Crippen LogP contribution in [0, 0.1) is 0 Å². The van der Waals surface area contributed by atoms with Crippen LogP contribution in [0.4, 0.5) is 17.1 Å². The van der Waals surface area contributed by atoms with Crippen LogP contribution in [0.15, 0.2) is 217 Å². The smallest absolute Gasteiger partial charge is 0.227 e. The first-order chi connectivity index (χ1) is 29.3. The molecule has 0 saturated carbocycles. The molecular weight excluding hydrogens is 719 g/mol. The average Bonchev–Trinajstić information content (AvgIpc) is 3.90. The first-order valence-electron chi connectivity index (χ1n) is 20.0. The molecule has 12 rings (SSSR count). The highest BCUT2D eigenvalue weighted by Crippen LogP contribution is 2.46. The molecule has 0 unspecified atom stereocenters. The fourth-order valence-corrected chi connectivity index (χ4v) is 9.09. The zero-order chi connectivity index (χ0) is 38.9. The van der Waals surface area contributed by atoms with Crippen molar-refractivity contribution in [3.63, 3.8) is 0 Å². The molecule has 0 aliphatic heterocycles. The lowest BCUT2D eigenvalue weighted by atomic mass is 9.98. The van der Waals surface area contributed by atoms with Crippen LogP contribution in [0.2, 0.25) is 0 Å². The molecule has 0 amide bonds. The topological polar surface area (TPSA) is 34.2 Å². The van der Waals surface area contributed by atoms with E-state index in [2.05, 4.69) is 185 Å². The first-order valence-corrected chi connectivity index (χ1v) is 20.0. The molecule has 12 aromatic rings. The van der Waals surface area contributed by atoms with Gasteiger partial charge in [0.15, 0.2) is 5.58 Å². The lowest BCUT2D eigenvalue weighted by Gasteiger charge is -2.28. The van der Waals surface area contributed by atoms with Crippen molar-refractivity contribution in [2.75, 3.05) is 4.90 Å². The Morgan fingerprint density at radius 3 is 1.92 bits per heavy atom. The van der Waals surface area contributed by atoms with E-state index in [1.807, 2.05) is 36.4 Å². The summed E-state index contributed by atoms with van der Waals surface area (Å²) in [6.07, 6.45) is 0. The van der Waals surface area contributed by atoms with Gasteiger partial charge in [-0.1, -0.05) is 146 Å². The van der Waals surface area contributed by atoms with Gasteiger partial charge in [-0.2, -0.15) is 0 Å². The summed E-state index contributed by atoms with van der Waals surface area (Å²) in [5, 5.41) is 9.80. The highest BCUT2D eigenvalue weighted by molar-refractivity contribution is 6.24. The Bertz CT molecular complexity index is 3550. The van der Waals surface area contributed by atoms with Gasteiger partial charge in [-0.3, -0.25) is 0 Å². The number of oxazole rings is 1. The number of rotatable bonds is 6. The molecule has 0 saturated heterocycles. The van der Waals surface area contributed by atoms with Gasteiger partial charge in [-0.25, -0.2) is 4.98 Å². The molecule has 0 atom stereocenters. The van der Waals surface area contributed by atoms with E-state index in [0.29, 0.717) is 5.89 Å². The second-order valence-electron chi connectivity index (χ2n) is 15.1. The second-order valence-corrected chi connectivity index (χ2v) is 15.1. The van der Waals surface area contributed by atoms with Gasteiger partial charge in [-0.05, 0) is 99.2 Å². The maximum Gasteiger partial charge on any atom is 0.227 e. The van der Waals surface area contributed by atoms with Crippen LogP contribution in [0.3, 0.4) is 0 Å². The molecule has 0 aliphatic carbocycles. The minimum atomic E-state index is 0.620. The number of fused-ring (bicyclic) bond motifs is 9. The Balaban J connectivity index is 1.10. The van der Waals surface area contributed by atoms with Crippen molar-refractivity contribution in [3.05, 3.63) is 212 Å². The third-order valence-corrected chi connectivity index (χ3v) is 11.8. The van der Waals surface area contributed by atoms with Crippen LogP contribution >= 0.6 is 0 Å². The molecule has 2 aromatic heterocycles. The van der Waals surface area contributed by atoms with Gasteiger partial charge in [0.1, 0.15) is 5.52 Å². The SMILES string of the molecule is c1ccc(-c2nc3cccc(-c4ccc(N(c5ccc6c(ccc7ccccc76)c5)c5cc6c(c7ccccc57)c5ccccc5n6-c5ccccc5)cc4)c3o2)cc1. The maximum absolute atomic E-state index is 6.47. The minimum absolute atomic E-state index is 0.620. The van der Waals surface area contributed by atoms with E-state index >= 15 is 0 Å². The molecule has 276 valence electrons. The van der Waals surface area contributed by atoms with Gasteiger partial charge in [0.2, 0.25) is 5.89 Å². The largest absolute Gasteiger partial charge is 0.435 e. The molecule has 0 bridgehead atoms. The van der Waals surface area contributed by atoms with Crippen LogP contribution in [0.25, 0.3) is 93.5 Å². The molecule has 0 radical (unpaired) electrons. The van der Waals surface area contributed by atoms with Crippen molar-refractivity contribution < 1.29 is 4.42 Å². The van der Waals surface area contributed by atoms with Crippen LogP contribution < -0.4 is 4.90 Å². The summed E-state index contributed by atoms with van der Waals surface area (Å²) in [4.78, 5) is 7.29. The van der Waals surface area contributed by atoms with Crippen molar-refractivity contribution >= 4 is 82.3 Å². The highest BCUT2D eigenvalue weighted by Gasteiger charge is 2.23. The predicted octanol–water partition coefficient (Wildman–Crippen LogP) is 15.2. The Labute approximate surface area is 340 Å². The predicted molar refractivity (Wildman–Crippen MR) is 246 cm³/mol. The van der Waals surface area contributed by atoms with Crippen LogP contribution in [0.1, 0.15) is 0 Å². The maximum atomic E-state index is 6.47. The normalized spacial score (nSPS) is 11.7. The van der Waals surface area contributed by atoms with E-state index < -0.39 is 0 Å². The van der Waals surface area contributed by atoms with E-state index in [-0.39, 0.29) is 0 Å². The monoisotopic (exact) mass is 753 g/mol. The molecule has 0 spiro atoms. The van der Waals surface area contributed by atoms with Gasteiger partial charge >= 0.3 is 0 Å². The van der Waals surface area contributed by atoms with Crippen molar-refractivity contribution in [1.29, 1.82) is 0 Å². The molecule has 4 nitrogen and oxygen atoms in total. The van der Waals surface area contributed by atoms with Crippen LogP contribution in [-0.2, 0) is 0 Å². The van der Waals surface area contributed by atoms with Gasteiger partial charge in [0.25, 0.3) is 0 Å². The van der Waals surface area contributed by atoms with Crippen molar-refractivity contribution in [3.8, 4) is 28.3 Å². The lowest BCUT2D eigenvalue weighted by Crippen LogP contribution is -2.11. The molecular formula is C55H35N3O. The zero-order valence-electron chi connectivity index (χ0n) is 32.0. The van der Waals surface area contributed by atoms with E-state index in [1.165, 1.54) is 48.6 Å². The standard InChI is InChI=1S/C55H35N3O/c1-3-15-38(16-4-1)55-56-49-24-13-23-45(54(49)59-55)37-28-30-41(31-29-37)57(42-32-33-44-39(34-42)27-26-36-14-7-8-19-43(36)44)51-35-52-53(47-21-10-9-20-46(47)51)48-22-11-12-25-50(48)58(52)40-17-5-2-6-18-40/h1-35H. The molecule has 4 heteroatoms. The quantitative estimate of drug-likeness (QED) is 0.159. The Hall–Kier alpha value is -7.95. The lowest BCUT2D eigenvalue weighted by molar-refractivity contribution is 0.621. The van der Waals surface area contributed by atoms with Crippen molar-refractivity contribution in [2.24, 2.45) is 0 Å². The first kappa shape index (κ1) is 33.2. The van der Waals surface area contributed by atoms with E-state index in [0.717, 1.165) is 56.1 Å². The molecule has 10 aromatic carbocycles. The molecule has 0 aliphatic rings. The number of benzene rings is 10. The van der Waals surface area contributed by atoms with Gasteiger partial charge in [-0.15, -0.1) is 0 Å². The van der Waals surface area contributed by atoms with Crippen LogP contribution in [0.5, 0.6) is 0 Å². The number of aromatic nitrogens is 2. The molecule has 59 heavy (non-hydrogen) atoms. The van der Waals surface area contributed by atoms with Crippen molar-refractivity contribution in [2.45, 2.75) is 0 Å². The van der Waals surface area contributed by atoms with Gasteiger partial charge in [0, 0.05) is 44.3 Å². The summed E-state index contributed by atoms with van der Waals surface area (Å²) >= 11 is 0. The Kier molecular flexibility index (Phi) is 7.50. The van der Waals surface area contributed by atoms with E-state index in [4.69, 9.17) is 9.40 Å². The number of hydrogen-bond acceptors (Lipinski definition) is 3. The molecule has 0 fully saturated rings. The van der Waals surface area contributed by atoms with E-state index in [1.54, 1.807) is 0 Å². The number of anilines is 3. The Morgan fingerprint density at radius 1 is 0.424 bits per heavy atom. The third kappa shape index (κ3) is 5.34. The highest BCUT2D eigenvalue weighted by atomic mass is 16.3. The number of para-hydroxylation sites is 3. The summed E-state index contributed by atoms with van der Waals surface area (Å²) in [5.41, 5.74) is 11.3. The second kappa shape index (κ2) is 13.3. The molecule has 2 heterocycles. The van der Waals surface area contributed by atoms with Crippen molar-refractivity contribution in [1.82, 2.24) is 9.55 Å². The summed E-state index contributed by atoms with van der Waals surface area (Å²) in [6, 6.07) is 75.9. The summed E-state index contributed by atoms with van der Waals surface area (Å²) in [7, 11) is 0. The van der Waals surface area contributed by atoms with E-state index in [9.17, 15) is 0 Å². The van der Waals surface area contributed by atoms with Gasteiger partial charge < -0.3 is 13.9 Å². The summed E-state index contributed by atoms with van der Waals surface area (Å²) in [5.74, 6) is 0.620.